The second kappa shape index (κ2) is 9.75. The molecule has 0 aromatic heterocycles. The number of carbonyl (C=O) groups excluding carboxylic acids is 1. The van der Waals surface area contributed by atoms with Crippen molar-refractivity contribution in [2.45, 2.75) is 9.79 Å². The van der Waals surface area contributed by atoms with Crippen LogP contribution in [-0.4, -0.2) is 55.6 Å². The first-order valence-electron chi connectivity index (χ1n) is 8.82. The van der Waals surface area contributed by atoms with Gasteiger partial charge in [-0.1, -0.05) is 11.6 Å². The van der Waals surface area contributed by atoms with Crippen LogP contribution >= 0.6 is 23.4 Å². The minimum atomic E-state index is -3.81. The van der Waals surface area contributed by atoms with Gasteiger partial charge < -0.3 is 10.1 Å². The summed E-state index contributed by atoms with van der Waals surface area (Å²) in [6.07, 6.45) is 0. The Kier molecular flexibility index (Phi) is 7.32. The molecule has 2 aromatic carbocycles. The van der Waals surface area contributed by atoms with E-state index in [2.05, 4.69) is 5.32 Å². The van der Waals surface area contributed by atoms with Crippen LogP contribution in [0.25, 0.3) is 0 Å². The molecule has 1 heterocycles. The number of nitro groups is 1. The summed E-state index contributed by atoms with van der Waals surface area (Å²) in [6, 6.07) is 10.1. The Hall–Kier alpha value is -2.18. The van der Waals surface area contributed by atoms with Crippen LogP contribution in [0.15, 0.2) is 52.3 Å². The Morgan fingerprint density at radius 3 is 2.50 bits per heavy atom. The number of benzene rings is 2. The number of carbonyl (C=O) groups is 1. The van der Waals surface area contributed by atoms with E-state index in [0.717, 1.165) is 0 Å². The quantitative estimate of drug-likeness (QED) is 0.374. The van der Waals surface area contributed by atoms with Gasteiger partial charge in [0, 0.05) is 35.8 Å². The van der Waals surface area contributed by atoms with Gasteiger partial charge >= 0.3 is 0 Å². The number of nitrogens with one attached hydrogen (secondary N) is 1. The van der Waals surface area contributed by atoms with Crippen LogP contribution in [0.1, 0.15) is 0 Å². The molecule has 1 amide bonds. The van der Waals surface area contributed by atoms with Crippen LogP contribution < -0.4 is 5.32 Å². The highest BCUT2D eigenvalue weighted by Crippen LogP contribution is 2.28. The van der Waals surface area contributed by atoms with Crippen LogP contribution in [0.3, 0.4) is 0 Å². The fourth-order valence-corrected chi connectivity index (χ4v) is 5.32. The number of sulfonamides is 1. The average molecular weight is 472 g/mol. The van der Waals surface area contributed by atoms with Crippen molar-refractivity contribution in [1.82, 2.24) is 4.31 Å². The van der Waals surface area contributed by atoms with E-state index in [1.165, 1.54) is 46.4 Å². The maximum atomic E-state index is 12.9. The SMILES string of the molecule is O=C(CSc1ccc([N+](=O)[O-])cc1)Nc1ccc(Cl)c(S(=O)(=O)N2CCOCC2)c1. The topological polar surface area (TPSA) is 119 Å². The van der Waals surface area contributed by atoms with Crippen LogP contribution in [-0.2, 0) is 19.6 Å². The molecule has 1 aliphatic rings. The van der Waals surface area contributed by atoms with E-state index >= 15 is 0 Å². The van der Waals surface area contributed by atoms with Gasteiger partial charge in [-0.25, -0.2) is 8.42 Å². The molecule has 0 spiro atoms. The number of hydrogen-bond acceptors (Lipinski definition) is 7. The van der Waals surface area contributed by atoms with Crippen molar-refractivity contribution in [1.29, 1.82) is 0 Å². The molecule has 0 unspecified atom stereocenters. The third-order valence-electron chi connectivity index (χ3n) is 4.22. The Bertz CT molecular complexity index is 1040. The lowest BCUT2D eigenvalue weighted by atomic mass is 10.3. The van der Waals surface area contributed by atoms with Crippen molar-refractivity contribution in [3.05, 3.63) is 57.6 Å². The Labute approximate surface area is 182 Å². The predicted molar refractivity (Wildman–Crippen MR) is 113 cm³/mol. The van der Waals surface area contributed by atoms with Gasteiger partial charge in [-0.3, -0.25) is 14.9 Å². The van der Waals surface area contributed by atoms with Gasteiger partial charge in [0.2, 0.25) is 15.9 Å². The molecule has 160 valence electrons. The molecule has 1 N–H and O–H groups in total. The van der Waals surface area contributed by atoms with E-state index in [1.54, 1.807) is 12.1 Å². The van der Waals surface area contributed by atoms with E-state index in [4.69, 9.17) is 16.3 Å². The number of non-ortho nitro benzene ring substituents is 1. The minimum Gasteiger partial charge on any atom is -0.379 e. The van der Waals surface area contributed by atoms with Gasteiger partial charge in [0.05, 0.1) is 28.9 Å². The Morgan fingerprint density at radius 2 is 1.87 bits per heavy atom. The number of ether oxygens (including phenoxy) is 1. The summed E-state index contributed by atoms with van der Waals surface area (Å²) in [6.45, 7) is 1.10. The number of nitro benzene ring substituents is 1. The molecule has 3 rings (SSSR count). The highest BCUT2D eigenvalue weighted by Gasteiger charge is 2.28. The van der Waals surface area contributed by atoms with Crippen molar-refractivity contribution >= 4 is 50.7 Å². The molecule has 0 saturated carbocycles. The lowest BCUT2D eigenvalue weighted by molar-refractivity contribution is -0.384. The van der Waals surface area contributed by atoms with Crippen LogP contribution in [0.4, 0.5) is 11.4 Å². The molecule has 0 atom stereocenters. The van der Waals surface area contributed by atoms with Gasteiger partial charge in [-0.15, -0.1) is 11.8 Å². The molecular formula is C18H18ClN3O6S2. The number of anilines is 1. The summed E-state index contributed by atoms with van der Waals surface area (Å²) < 4.78 is 32.2. The molecule has 0 aliphatic carbocycles. The highest BCUT2D eigenvalue weighted by atomic mass is 35.5. The lowest BCUT2D eigenvalue weighted by Crippen LogP contribution is -2.40. The number of thioether (sulfide) groups is 1. The van der Waals surface area contributed by atoms with E-state index in [-0.39, 0.29) is 40.4 Å². The van der Waals surface area contributed by atoms with Gasteiger partial charge in [0.15, 0.2) is 0 Å². The normalized spacial score (nSPS) is 15.0. The summed E-state index contributed by atoms with van der Waals surface area (Å²) >= 11 is 7.31. The third kappa shape index (κ3) is 5.49. The lowest BCUT2D eigenvalue weighted by Gasteiger charge is -2.26. The standard InChI is InChI=1S/C18H18ClN3O6S2/c19-16-6-1-13(11-17(16)30(26,27)21-7-9-28-10-8-21)20-18(23)12-29-15-4-2-14(3-5-15)22(24)25/h1-6,11H,7-10,12H2,(H,20,23). The zero-order valence-corrected chi connectivity index (χ0v) is 18.0. The minimum absolute atomic E-state index is 0.0287. The Balaban J connectivity index is 1.65. The molecule has 0 bridgehead atoms. The van der Waals surface area contributed by atoms with Crippen LogP contribution in [0.5, 0.6) is 0 Å². The molecular weight excluding hydrogens is 454 g/mol. The summed E-state index contributed by atoms with van der Waals surface area (Å²) in [4.78, 5) is 23.1. The van der Waals surface area contributed by atoms with Crippen molar-refractivity contribution in [2.75, 3.05) is 37.4 Å². The number of amides is 1. The zero-order valence-electron chi connectivity index (χ0n) is 15.6. The van der Waals surface area contributed by atoms with Gasteiger partial charge in [0.25, 0.3) is 5.69 Å². The van der Waals surface area contributed by atoms with E-state index in [9.17, 15) is 23.3 Å². The monoisotopic (exact) mass is 471 g/mol. The van der Waals surface area contributed by atoms with Crippen LogP contribution in [0.2, 0.25) is 5.02 Å². The number of nitrogens with zero attached hydrogens (tertiary/aromatic N) is 2. The van der Waals surface area contributed by atoms with E-state index < -0.39 is 14.9 Å². The van der Waals surface area contributed by atoms with Gasteiger partial charge in [-0.2, -0.15) is 4.31 Å². The smallest absolute Gasteiger partial charge is 0.269 e. The van der Waals surface area contributed by atoms with Crippen molar-refractivity contribution in [3.8, 4) is 0 Å². The summed E-state index contributed by atoms with van der Waals surface area (Å²) in [5, 5.41) is 13.4. The first kappa shape index (κ1) is 22.5. The molecule has 1 saturated heterocycles. The predicted octanol–water partition coefficient (Wildman–Crippen LogP) is 3.00. The summed E-state index contributed by atoms with van der Waals surface area (Å²) in [5.41, 5.74) is 0.277. The number of hydrogen-bond donors (Lipinski definition) is 1. The van der Waals surface area contributed by atoms with Gasteiger partial charge in [-0.05, 0) is 30.3 Å². The van der Waals surface area contributed by atoms with Crippen molar-refractivity contribution < 1.29 is 22.9 Å². The first-order chi connectivity index (χ1) is 14.3. The molecule has 0 radical (unpaired) electrons. The largest absolute Gasteiger partial charge is 0.379 e. The number of halogens is 1. The highest BCUT2D eigenvalue weighted by molar-refractivity contribution is 8.00. The van der Waals surface area contributed by atoms with Crippen molar-refractivity contribution in [2.24, 2.45) is 0 Å². The molecule has 2 aromatic rings. The van der Waals surface area contributed by atoms with E-state index in [0.29, 0.717) is 23.8 Å². The fraction of sp³-hybridized carbons (Fsp3) is 0.278. The summed E-state index contributed by atoms with van der Waals surface area (Å²) in [5.74, 6) is -0.304. The molecule has 12 heteroatoms. The van der Waals surface area contributed by atoms with Crippen LogP contribution in [0, 0.1) is 10.1 Å². The average Bonchev–Trinajstić information content (AvgIpc) is 2.74. The first-order valence-corrected chi connectivity index (χ1v) is 11.6. The van der Waals surface area contributed by atoms with E-state index in [1.807, 2.05) is 0 Å². The number of rotatable bonds is 7. The maximum Gasteiger partial charge on any atom is 0.269 e. The second-order valence-corrected chi connectivity index (χ2v) is 9.61. The van der Waals surface area contributed by atoms with Crippen molar-refractivity contribution in [3.63, 3.8) is 0 Å². The van der Waals surface area contributed by atoms with Gasteiger partial charge in [0.1, 0.15) is 4.90 Å². The second-order valence-electron chi connectivity index (χ2n) is 6.25. The number of morpholine rings is 1. The molecule has 30 heavy (non-hydrogen) atoms. The molecule has 9 nitrogen and oxygen atoms in total. The molecule has 1 aliphatic heterocycles. The Morgan fingerprint density at radius 1 is 1.20 bits per heavy atom. The third-order valence-corrected chi connectivity index (χ3v) is 7.61. The summed E-state index contributed by atoms with van der Waals surface area (Å²) in [7, 11) is -3.81. The maximum absolute atomic E-state index is 12.9. The molecule has 1 fully saturated rings. The fourth-order valence-electron chi connectivity index (χ4n) is 2.71. The zero-order chi connectivity index (χ0) is 21.7.